The number of halogens is 2. The Hall–Kier alpha value is -0.780. The van der Waals surface area contributed by atoms with Crippen molar-refractivity contribution in [1.82, 2.24) is 9.78 Å². The molecule has 0 amide bonds. The zero-order valence-corrected chi connectivity index (χ0v) is 10.1. The van der Waals surface area contributed by atoms with Gasteiger partial charge in [0.05, 0.1) is 0 Å². The van der Waals surface area contributed by atoms with Crippen molar-refractivity contribution in [3.8, 4) is 0 Å². The van der Waals surface area contributed by atoms with Crippen LogP contribution in [0.1, 0.15) is 13.3 Å². The van der Waals surface area contributed by atoms with Crippen molar-refractivity contribution < 1.29 is 8.78 Å². The number of nitrogens with zero attached hydrogens (tertiary/aromatic N) is 2. The number of hydrogen-bond donors (Lipinski definition) is 1. The van der Waals surface area contributed by atoms with Gasteiger partial charge in [-0.1, -0.05) is 6.92 Å². The van der Waals surface area contributed by atoms with Crippen molar-refractivity contribution in [2.24, 2.45) is 0 Å². The van der Waals surface area contributed by atoms with Gasteiger partial charge in [0.2, 0.25) is 0 Å². The Kier molecular flexibility index (Phi) is 6.22. The van der Waals surface area contributed by atoms with E-state index in [0.717, 1.165) is 24.5 Å². The number of nitrogens with one attached hydrogen (secondary N) is 1. The SMILES string of the molecule is CCSCCCNc1ccn(CC(F)F)n1. The Morgan fingerprint density at radius 2 is 2.38 bits per heavy atom. The quantitative estimate of drug-likeness (QED) is 0.718. The van der Waals surface area contributed by atoms with Crippen molar-refractivity contribution in [3.63, 3.8) is 0 Å². The van der Waals surface area contributed by atoms with Gasteiger partial charge < -0.3 is 5.32 Å². The fourth-order valence-corrected chi connectivity index (χ4v) is 1.87. The lowest BCUT2D eigenvalue weighted by Gasteiger charge is -2.02. The number of rotatable bonds is 8. The molecule has 0 fully saturated rings. The van der Waals surface area contributed by atoms with Crippen molar-refractivity contribution in [2.45, 2.75) is 26.3 Å². The minimum absolute atomic E-state index is 0.340. The van der Waals surface area contributed by atoms with E-state index in [-0.39, 0.29) is 6.54 Å². The van der Waals surface area contributed by atoms with Gasteiger partial charge in [0, 0.05) is 18.8 Å². The molecule has 0 aliphatic carbocycles. The third-order valence-corrected chi connectivity index (χ3v) is 2.93. The van der Waals surface area contributed by atoms with Crippen molar-refractivity contribution >= 4 is 17.6 Å². The van der Waals surface area contributed by atoms with E-state index < -0.39 is 6.43 Å². The molecular weight excluding hydrogens is 232 g/mol. The van der Waals surface area contributed by atoms with Crippen LogP contribution in [0.25, 0.3) is 0 Å². The second-order valence-electron chi connectivity index (χ2n) is 3.29. The molecule has 6 heteroatoms. The first-order valence-electron chi connectivity index (χ1n) is 5.35. The van der Waals surface area contributed by atoms with Gasteiger partial charge in [-0.05, 0) is 17.9 Å². The van der Waals surface area contributed by atoms with Crippen LogP contribution < -0.4 is 5.32 Å². The third-order valence-electron chi connectivity index (χ3n) is 1.94. The summed E-state index contributed by atoms with van der Waals surface area (Å²) in [4.78, 5) is 0. The van der Waals surface area contributed by atoms with E-state index in [2.05, 4.69) is 17.3 Å². The monoisotopic (exact) mass is 249 g/mol. The molecule has 0 radical (unpaired) electrons. The predicted octanol–water partition coefficient (Wildman–Crippen LogP) is 2.70. The van der Waals surface area contributed by atoms with Crippen molar-refractivity contribution in [2.75, 3.05) is 23.4 Å². The second kappa shape index (κ2) is 7.49. The summed E-state index contributed by atoms with van der Waals surface area (Å²) in [6.45, 7) is 2.62. The fraction of sp³-hybridized carbons (Fsp3) is 0.700. The average molecular weight is 249 g/mol. The molecule has 0 saturated heterocycles. The summed E-state index contributed by atoms with van der Waals surface area (Å²) < 4.78 is 25.3. The van der Waals surface area contributed by atoms with E-state index in [1.54, 1.807) is 12.3 Å². The molecular formula is C10H17F2N3S. The summed E-state index contributed by atoms with van der Waals surface area (Å²) in [7, 11) is 0. The highest BCUT2D eigenvalue weighted by Gasteiger charge is 2.05. The minimum Gasteiger partial charge on any atom is -0.369 e. The van der Waals surface area contributed by atoms with Gasteiger partial charge >= 0.3 is 0 Å². The molecule has 0 spiro atoms. The summed E-state index contributed by atoms with van der Waals surface area (Å²) in [6, 6.07) is 1.72. The normalized spacial score (nSPS) is 11.0. The van der Waals surface area contributed by atoms with E-state index in [9.17, 15) is 8.78 Å². The molecule has 1 N–H and O–H groups in total. The Bertz CT molecular complexity index is 291. The van der Waals surface area contributed by atoms with Crippen LogP contribution in [-0.2, 0) is 6.54 Å². The highest BCUT2D eigenvalue weighted by molar-refractivity contribution is 7.99. The molecule has 1 aromatic rings. The number of aromatic nitrogens is 2. The average Bonchev–Trinajstić information content (AvgIpc) is 2.64. The summed E-state index contributed by atoms with van der Waals surface area (Å²) >= 11 is 1.89. The summed E-state index contributed by atoms with van der Waals surface area (Å²) in [6.07, 6.45) is 0.267. The highest BCUT2D eigenvalue weighted by atomic mass is 32.2. The molecule has 1 heterocycles. The number of alkyl halides is 2. The lowest BCUT2D eigenvalue weighted by molar-refractivity contribution is 0.122. The van der Waals surface area contributed by atoms with Crippen LogP contribution in [0.5, 0.6) is 0 Å². The van der Waals surface area contributed by atoms with Crippen LogP contribution in [0, 0.1) is 0 Å². The Morgan fingerprint density at radius 3 is 3.06 bits per heavy atom. The first-order chi connectivity index (χ1) is 7.72. The highest BCUT2D eigenvalue weighted by Crippen LogP contribution is 2.06. The Labute approximate surface area is 98.6 Å². The third kappa shape index (κ3) is 5.34. The van der Waals surface area contributed by atoms with E-state index in [0.29, 0.717) is 5.82 Å². The van der Waals surface area contributed by atoms with Gasteiger partial charge in [-0.15, -0.1) is 0 Å². The van der Waals surface area contributed by atoms with Crippen LogP contribution >= 0.6 is 11.8 Å². The molecule has 0 saturated carbocycles. The van der Waals surface area contributed by atoms with E-state index in [1.165, 1.54) is 4.68 Å². The van der Waals surface area contributed by atoms with Crippen LogP contribution in [0.3, 0.4) is 0 Å². The van der Waals surface area contributed by atoms with E-state index >= 15 is 0 Å². The van der Waals surface area contributed by atoms with Crippen LogP contribution in [0.2, 0.25) is 0 Å². The topological polar surface area (TPSA) is 29.9 Å². The second-order valence-corrected chi connectivity index (χ2v) is 4.69. The molecule has 0 aliphatic heterocycles. The molecule has 92 valence electrons. The smallest absolute Gasteiger partial charge is 0.257 e. The summed E-state index contributed by atoms with van der Waals surface area (Å²) in [5.41, 5.74) is 0. The number of hydrogen-bond acceptors (Lipinski definition) is 3. The first kappa shape index (κ1) is 13.3. The lowest BCUT2D eigenvalue weighted by atomic mass is 10.5. The fourth-order valence-electron chi connectivity index (χ4n) is 1.23. The lowest BCUT2D eigenvalue weighted by Crippen LogP contribution is -2.08. The van der Waals surface area contributed by atoms with Gasteiger partial charge in [-0.3, -0.25) is 4.68 Å². The molecule has 1 rings (SSSR count). The molecule has 1 aromatic heterocycles. The van der Waals surface area contributed by atoms with E-state index in [1.807, 2.05) is 11.8 Å². The van der Waals surface area contributed by atoms with Gasteiger partial charge in [0.25, 0.3) is 6.43 Å². The maximum Gasteiger partial charge on any atom is 0.257 e. The molecule has 0 unspecified atom stereocenters. The summed E-state index contributed by atoms with van der Waals surface area (Å²) in [5, 5.41) is 7.09. The molecule has 0 bridgehead atoms. The summed E-state index contributed by atoms with van der Waals surface area (Å²) in [5.74, 6) is 2.91. The van der Waals surface area contributed by atoms with Crippen molar-refractivity contribution in [1.29, 1.82) is 0 Å². The van der Waals surface area contributed by atoms with E-state index in [4.69, 9.17) is 0 Å². The minimum atomic E-state index is -2.35. The molecule has 0 aromatic carbocycles. The van der Waals surface area contributed by atoms with Gasteiger partial charge in [-0.2, -0.15) is 16.9 Å². The molecule has 3 nitrogen and oxygen atoms in total. The van der Waals surface area contributed by atoms with Gasteiger partial charge in [0.1, 0.15) is 12.4 Å². The Morgan fingerprint density at radius 1 is 1.56 bits per heavy atom. The molecule has 0 atom stereocenters. The van der Waals surface area contributed by atoms with Crippen molar-refractivity contribution in [3.05, 3.63) is 12.3 Å². The predicted molar refractivity (Wildman–Crippen MR) is 64.3 cm³/mol. The largest absolute Gasteiger partial charge is 0.369 e. The van der Waals surface area contributed by atoms with Crippen LogP contribution in [-0.4, -0.2) is 34.3 Å². The maximum absolute atomic E-state index is 12.0. The van der Waals surface area contributed by atoms with Gasteiger partial charge in [0.15, 0.2) is 0 Å². The number of anilines is 1. The number of thioether (sulfide) groups is 1. The van der Waals surface area contributed by atoms with Crippen LogP contribution in [0.4, 0.5) is 14.6 Å². The first-order valence-corrected chi connectivity index (χ1v) is 6.51. The van der Waals surface area contributed by atoms with Crippen LogP contribution in [0.15, 0.2) is 12.3 Å². The molecule has 0 aliphatic rings. The molecule has 16 heavy (non-hydrogen) atoms. The zero-order valence-electron chi connectivity index (χ0n) is 9.33. The van der Waals surface area contributed by atoms with Gasteiger partial charge in [-0.25, -0.2) is 8.78 Å². The Balaban J connectivity index is 2.19. The standard InChI is InChI=1S/C10H17F2N3S/c1-2-16-7-3-5-13-10-4-6-15(14-10)8-9(11)12/h4,6,9H,2-3,5,7-8H2,1H3,(H,13,14). The zero-order chi connectivity index (χ0) is 11.8. The maximum atomic E-state index is 12.0.